The van der Waals surface area contributed by atoms with Crippen LogP contribution < -0.4 is 5.56 Å². The van der Waals surface area contributed by atoms with E-state index < -0.39 is 0 Å². The molecule has 0 saturated carbocycles. The molecule has 0 saturated heterocycles. The number of hydrogen-bond acceptors (Lipinski definition) is 5. The molecule has 0 aliphatic carbocycles. The first kappa shape index (κ1) is 17.0. The lowest BCUT2D eigenvalue weighted by Crippen LogP contribution is -2.25. The van der Waals surface area contributed by atoms with Crippen LogP contribution in [0.2, 0.25) is 0 Å². The fourth-order valence-electron chi connectivity index (χ4n) is 2.26. The minimum atomic E-state index is 0.0725. The maximum atomic E-state index is 12.9. The largest absolute Gasteiger partial charge is 0.287 e. The van der Waals surface area contributed by atoms with E-state index in [0.717, 1.165) is 38.0 Å². The van der Waals surface area contributed by atoms with Gasteiger partial charge in [-0.1, -0.05) is 25.6 Å². The number of fused-ring (bicyclic) bond motifs is 1. The van der Waals surface area contributed by atoms with Gasteiger partial charge in [-0.15, -0.1) is 11.3 Å². The molecule has 2 aromatic heterocycles. The maximum Gasteiger partial charge on any atom is 0.263 e. The predicted octanol–water partition coefficient (Wildman–Crippen LogP) is 4.13. The molecule has 118 valence electrons. The number of nitrogens with zero attached hydrogens (tertiary/aromatic N) is 3. The lowest BCUT2D eigenvalue weighted by atomic mass is 10.2. The molecule has 2 aromatic rings. The van der Waals surface area contributed by atoms with E-state index in [1.54, 1.807) is 23.1 Å². The summed E-state index contributed by atoms with van der Waals surface area (Å²) >= 11 is 3.17. The summed E-state index contributed by atoms with van der Waals surface area (Å²) < 4.78 is 1.81. The fourth-order valence-corrected chi connectivity index (χ4v) is 4.28. The molecule has 0 spiro atoms. The van der Waals surface area contributed by atoms with Crippen molar-refractivity contribution in [1.82, 2.24) is 9.55 Å². The van der Waals surface area contributed by atoms with Crippen LogP contribution in [0, 0.1) is 31.1 Å². The molecule has 0 N–H and O–H groups in total. The Morgan fingerprint density at radius 3 is 2.77 bits per heavy atom. The number of thioether (sulfide) groups is 1. The quantitative estimate of drug-likeness (QED) is 0.452. The fraction of sp³-hybridized carbons (Fsp3) is 0.562. The molecule has 2 heterocycles. The average molecular weight is 335 g/mol. The third kappa shape index (κ3) is 3.53. The van der Waals surface area contributed by atoms with E-state index in [2.05, 4.69) is 19.9 Å². The highest BCUT2D eigenvalue weighted by molar-refractivity contribution is 7.99. The summed E-state index contributed by atoms with van der Waals surface area (Å²) in [4.78, 5) is 19.6. The Hall–Kier alpha value is -1.32. The van der Waals surface area contributed by atoms with Gasteiger partial charge in [-0.2, -0.15) is 5.26 Å². The molecule has 0 amide bonds. The van der Waals surface area contributed by atoms with Gasteiger partial charge in [0, 0.05) is 23.6 Å². The summed E-state index contributed by atoms with van der Waals surface area (Å²) in [6, 6.07) is 2.15. The minimum absolute atomic E-state index is 0.0725. The summed E-state index contributed by atoms with van der Waals surface area (Å²) in [6.45, 7) is 8.92. The van der Waals surface area contributed by atoms with E-state index >= 15 is 0 Å². The van der Waals surface area contributed by atoms with Crippen LogP contribution in [-0.4, -0.2) is 15.3 Å². The summed E-state index contributed by atoms with van der Waals surface area (Å²) in [6.07, 6.45) is 1.36. The van der Waals surface area contributed by atoms with Crippen LogP contribution in [0.5, 0.6) is 0 Å². The number of rotatable bonds is 6. The van der Waals surface area contributed by atoms with Gasteiger partial charge in [-0.3, -0.25) is 9.36 Å². The third-order valence-corrected chi connectivity index (χ3v) is 5.63. The normalized spacial score (nSPS) is 11.3. The van der Waals surface area contributed by atoms with Crippen LogP contribution >= 0.6 is 23.1 Å². The van der Waals surface area contributed by atoms with E-state index in [4.69, 9.17) is 10.2 Å². The molecule has 0 atom stereocenters. The van der Waals surface area contributed by atoms with Gasteiger partial charge in [0.1, 0.15) is 4.83 Å². The van der Waals surface area contributed by atoms with Crippen LogP contribution in [0.3, 0.4) is 0 Å². The van der Waals surface area contributed by atoms with Gasteiger partial charge in [0.2, 0.25) is 0 Å². The molecule has 0 bridgehead atoms. The van der Waals surface area contributed by atoms with Crippen molar-refractivity contribution in [2.45, 2.75) is 52.2 Å². The first-order valence-corrected chi connectivity index (χ1v) is 9.26. The third-order valence-electron chi connectivity index (χ3n) is 3.47. The van der Waals surface area contributed by atoms with Gasteiger partial charge in [0.05, 0.1) is 11.5 Å². The summed E-state index contributed by atoms with van der Waals surface area (Å²) in [5, 5.41) is 10.2. The van der Waals surface area contributed by atoms with Crippen LogP contribution in [0.1, 0.15) is 37.1 Å². The first-order chi connectivity index (χ1) is 10.5. The molecule has 0 aliphatic rings. The summed E-state index contributed by atoms with van der Waals surface area (Å²) in [5.74, 6) is 1.20. The van der Waals surface area contributed by atoms with Crippen LogP contribution in [-0.2, 0) is 6.54 Å². The van der Waals surface area contributed by atoms with Crippen molar-refractivity contribution in [3.8, 4) is 6.07 Å². The molecule has 0 unspecified atom stereocenters. The molecule has 2 rings (SSSR count). The Morgan fingerprint density at radius 2 is 2.14 bits per heavy atom. The minimum Gasteiger partial charge on any atom is -0.287 e. The standard InChI is InChI=1S/C16H21N3OS2/c1-10(2)9-19-15(20)13-11(3)12(4)22-14(13)18-16(19)21-8-6-5-7-17/h10H,5-6,8-9H2,1-4H3. The number of unbranched alkanes of at least 4 members (excludes halogenated alkanes) is 1. The molecular weight excluding hydrogens is 314 g/mol. The van der Waals surface area contributed by atoms with Gasteiger partial charge in [-0.25, -0.2) is 4.98 Å². The second kappa shape index (κ2) is 7.30. The van der Waals surface area contributed by atoms with Crippen molar-refractivity contribution < 1.29 is 0 Å². The van der Waals surface area contributed by atoms with Crippen molar-refractivity contribution in [2.75, 3.05) is 5.75 Å². The summed E-state index contributed by atoms with van der Waals surface area (Å²) in [5.41, 5.74) is 1.12. The van der Waals surface area contributed by atoms with Crippen LogP contribution in [0.4, 0.5) is 0 Å². The smallest absolute Gasteiger partial charge is 0.263 e. The second-order valence-corrected chi connectivity index (χ2v) is 8.04. The number of thiophene rings is 1. The van der Waals surface area contributed by atoms with Gasteiger partial charge < -0.3 is 0 Å². The zero-order valence-corrected chi connectivity index (χ0v) is 15.1. The molecule has 0 fully saturated rings. The number of aryl methyl sites for hydroxylation is 2. The van der Waals surface area contributed by atoms with Crippen molar-refractivity contribution in [1.29, 1.82) is 5.26 Å². The number of hydrogen-bond donors (Lipinski definition) is 0. The average Bonchev–Trinajstić information content (AvgIpc) is 2.74. The highest BCUT2D eigenvalue weighted by atomic mass is 32.2. The van der Waals surface area contributed by atoms with Crippen molar-refractivity contribution in [2.24, 2.45) is 5.92 Å². The predicted molar refractivity (Wildman–Crippen MR) is 93.8 cm³/mol. The van der Waals surface area contributed by atoms with Crippen molar-refractivity contribution >= 4 is 33.3 Å². The molecule has 0 aliphatic heterocycles. The van der Waals surface area contributed by atoms with Crippen molar-refractivity contribution in [3.05, 3.63) is 20.8 Å². The van der Waals surface area contributed by atoms with E-state index in [1.807, 2.05) is 18.4 Å². The Kier molecular flexibility index (Phi) is 5.65. The maximum absolute atomic E-state index is 12.9. The monoisotopic (exact) mass is 335 g/mol. The summed E-state index contributed by atoms with van der Waals surface area (Å²) in [7, 11) is 0. The zero-order valence-electron chi connectivity index (χ0n) is 13.5. The van der Waals surface area contributed by atoms with E-state index in [0.29, 0.717) is 18.9 Å². The van der Waals surface area contributed by atoms with Gasteiger partial charge >= 0.3 is 0 Å². The van der Waals surface area contributed by atoms with Gasteiger partial charge in [-0.05, 0) is 31.7 Å². The van der Waals surface area contributed by atoms with Gasteiger partial charge in [0.15, 0.2) is 5.16 Å². The molecule has 22 heavy (non-hydrogen) atoms. The van der Waals surface area contributed by atoms with E-state index in [-0.39, 0.29) is 5.56 Å². The highest BCUT2D eigenvalue weighted by Crippen LogP contribution is 2.28. The van der Waals surface area contributed by atoms with E-state index in [1.165, 1.54) is 0 Å². The molecule has 4 nitrogen and oxygen atoms in total. The lowest BCUT2D eigenvalue weighted by Gasteiger charge is -2.13. The molecule has 0 aromatic carbocycles. The Labute approximate surface area is 139 Å². The lowest BCUT2D eigenvalue weighted by molar-refractivity contribution is 0.475. The van der Waals surface area contributed by atoms with E-state index in [9.17, 15) is 4.79 Å². The molecule has 0 radical (unpaired) electrons. The number of aromatic nitrogens is 2. The first-order valence-electron chi connectivity index (χ1n) is 7.46. The van der Waals surface area contributed by atoms with Crippen LogP contribution in [0.15, 0.2) is 9.95 Å². The Balaban J connectivity index is 2.48. The second-order valence-electron chi connectivity index (χ2n) is 5.78. The number of nitriles is 1. The molecular formula is C16H21N3OS2. The SMILES string of the molecule is Cc1sc2nc(SCCCC#N)n(CC(C)C)c(=O)c2c1C. The van der Waals surface area contributed by atoms with Crippen LogP contribution in [0.25, 0.3) is 10.2 Å². The van der Waals surface area contributed by atoms with Gasteiger partial charge in [0.25, 0.3) is 5.56 Å². The highest BCUT2D eigenvalue weighted by Gasteiger charge is 2.17. The topological polar surface area (TPSA) is 58.7 Å². The zero-order chi connectivity index (χ0) is 16.3. The Bertz CT molecular complexity index is 768. The van der Waals surface area contributed by atoms with Crippen molar-refractivity contribution in [3.63, 3.8) is 0 Å². The molecule has 6 heteroatoms. The Morgan fingerprint density at radius 1 is 1.41 bits per heavy atom.